The molecule has 128 valence electrons. The largest absolute Gasteiger partial charge is 0.463 e. The van der Waals surface area contributed by atoms with E-state index in [0.29, 0.717) is 30.5 Å². The number of nitrogens with zero attached hydrogens (tertiary/aromatic N) is 1. The summed E-state index contributed by atoms with van der Waals surface area (Å²) in [5.74, 6) is -0.382. The smallest absolute Gasteiger partial charge is 0.337 e. The molecule has 0 fully saturated rings. The van der Waals surface area contributed by atoms with Gasteiger partial charge in [0, 0.05) is 11.7 Å². The second kappa shape index (κ2) is 6.55. The number of fused-ring (bicyclic) bond motifs is 1. The number of rotatable bonds is 4. The molecule has 0 aromatic heterocycles. The van der Waals surface area contributed by atoms with Gasteiger partial charge in [-0.25, -0.2) is 9.59 Å². The number of esters is 1. The molecule has 0 bridgehead atoms. The van der Waals surface area contributed by atoms with Crippen LogP contribution in [-0.2, 0) is 16.0 Å². The van der Waals surface area contributed by atoms with Crippen LogP contribution >= 0.6 is 0 Å². The third-order valence-corrected chi connectivity index (χ3v) is 4.54. The summed E-state index contributed by atoms with van der Waals surface area (Å²) in [6.45, 7) is 6.50. The highest BCUT2D eigenvalue weighted by molar-refractivity contribution is 5.95. The minimum Gasteiger partial charge on any atom is -0.463 e. The molecule has 2 atom stereocenters. The third kappa shape index (κ3) is 2.96. The SMILES string of the molecule is CCOC(=O)C1=C(CN2c3ccccc3C[C@@H]2C)NC(=O)N[C@@H]1C. The number of benzene rings is 1. The molecule has 1 aromatic carbocycles. The van der Waals surface area contributed by atoms with Gasteiger partial charge < -0.3 is 20.3 Å². The van der Waals surface area contributed by atoms with E-state index in [4.69, 9.17) is 4.74 Å². The van der Waals surface area contributed by atoms with Crippen molar-refractivity contribution in [3.63, 3.8) is 0 Å². The van der Waals surface area contributed by atoms with Gasteiger partial charge in [0.25, 0.3) is 0 Å². The Kier molecular flexibility index (Phi) is 4.46. The number of ether oxygens (including phenoxy) is 1. The van der Waals surface area contributed by atoms with E-state index in [0.717, 1.165) is 12.1 Å². The second-order valence-electron chi connectivity index (χ2n) is 6.24. The van der Waals surface area contributed by atoms with Crippen molar-refractivity contribution < 1.29 is 14.3 Å². The number of urea groups is 1. The first-order valence-corrected chi connectivity index (χ1v) is 8.33. The molecule has 24 heavy (non-hydrogen) atoms. The van der Waals surface area contributed by atoms with Gasteiger partial charge in [0.2, 0.25) is 0 Å². The van der Waals surface area contributed by atoms with Gasteiger partial charge in [-0.1, -0.05) is 18.2 Å². The van der Waals surface area contributed by atoms with Crippen LogP contribution in [0.25, 0.3) is 0 Å². The van der Waals surface area contributed by atoms with Crippen LogP contribution in [0.2, 0.25) is 0 Å². The van der Waals surface area contributed by atoms with Gasteiger partial charge in [0.1, 0.15) is 0 Å². The first-order chi connectivity index (χ1) is 11.5. The molecule has 6 heteroatoms. The first kappa shape index (κ1) is 16.4. The van der Waals surface area contributed by atoms with Crippen LogP contribution in [0.3, 0.4) is 0 Å². The molecule has 2 amide bonds. The highest BCUT2D eigenvalue weighted by Gasteiger charge is 2.33. The minimum atomic E-state index is -0.382. The normalized spacial score (nSPS) is 22.8. The second-order valence-corrected chi connectivity index (χ2v) is 6.24. The van der Waals surface area contributed by atoms with E-state index in [2.05, 4.69) is 34.6 Å². The molecule has 2 aliphatic heterocycles. The molecule has 1 aromatic rings. The number of carbonyl (C=O) groups is 2. The number of para-hydroxylation sites is 1. The maximum atomic E-state index is 12.3. The third-order valence-electron chi connectivity index (χ3n) is 4.54. The fourth-order valence-corrected chi connectivity index (χ4v) is 3.45. The van der Waals surface area contributed by atoms with Crippen molar-refractivity contribution in [3.05, 3.63) is 41.1 Å². The van der Waals surface area contributed by atoms with Crippen molar-refractivity contribution in [2.45, 2.75) is 39.3 Å². The van der Waals surface area contributed by atoms with Crippen molar-refractivity contribution in [3.8, 4) is 0 Å². The number of hydrogen-bond donors (Lipinski definition) is 2. The molecule has 2 N–H and O–H groups in total. The summed E-state index contributed by atoms with van der Waals surface area (Å²) >= 11 is 0. The number of anilines is 1. The van der Waals surface area contributed by atoms with Crippen LogP contribution in [0, 0.1) is 0 Å². The summed E-state index contributed by atoms with van der Waals surface area (Å²) in [5.41, 5.74) is 3.55. The Morgan fingerprint density at radius 2 is 2.08 bits per heavy atom. The van der Waals surface area contributed by atoms with E-state index in [1.165, 1.54) is 5.56 Å². The van der Waals surface area contributed by atoms with Crippen molar-refractivity contribution in [1.82, 2.24) is 10.6 Å². The standard InChI is InChI=1S/C18H23N3O3/c1-4-24-17(22)16-12(3)19-18(23)20-14(16)10-21-11(2)9-13-7-5-6-8-15(13)21/h5-8,11-12H,4,9-10H2,1-3H3,(H2,19,20,23)/t11-,12+/m0/s1. The Morgan fingerprint density at radius 3 is 2.83 bits per heavy atom. The summed E-state index contributed by atoms with van der Waals surface area (Å²) < 4.78 is 5.17. The molecule has 0 saturated heterocycles. The summed E-state index contributed by atoms with van der Waals surface area (Å²) in [7, 11) is 0. The van der Waals surface area contributed by atoms with E-state index < -0.39 is 0 Å². The van der Waals surface area contributed by atoms with E-state index in [1.807, 2.05) is 12.1 Å². The lowest BCUT2D eigenvalue weighted by Gasteiger charge is -2.31. The van der Waals surface area contributed by atoms with Crippen LogP contribution in [0.4, 0.5) is 10.5 Å². The predicted molar refractivity (Wildman–Crippen MR) is 91.7 cm³/mol. The van der Waals surface area contributed by atoms with Crippen LogP contribution in [0.15, 0.2) is 35.5 Å². The van der Waals surface area contributed by atoms with Gasteiger partial charge in [-0.2, -0.15) is 0 Å². The minimum absolute atomic E-state index is 0.286. The van der Waals surface area contributed by atoms with Crippen LogP contribution < -0.4 is 15.5 Å². The van der Waals surface area contributed by atoms with Gasteiger partial charge in [0.05, 0.1) is 30.5 Å². The molecule has 0 aliphatic carbocycles. The zero-order valence-electron chi connectivity index (χ0n) is 14.3. The van der Waals surface area contributed by atoms with Crippen LogP contribution in [0.5, 0.6) is 0 Å². The molecular weight excluding hydrogens is 306 g/mol. The monoisotopic (exact) mass is 329 g/mol. The molecule has 0 saturated carbocycles. The fourth-order valence-electron chi connectivity index (χ4n) is 3.45. The summed E-state index contributed by atoms with van der Waals surface area (Å²) in [6, 6.07) is 7.89. The average Bonchev–Trinajstić information content (AvgIpc) is 2.83. The highest BCUT2D eigenvalue weighted by atomic mass is 16.5. The molecule has 2 heterocycles. The molecule has 2 aliphatic rings. The number of nitrogens with one attached hydrogen (secondary N) is 2. The molecule has 6 nitrogen and oxygen atoms in total. The molecular formula is C18H23N3O3. The maximum Gasteiger partial charge on any atom is 0.337 e. The van der Waals surface area contributed by atoms with Crippen molar-refractivity contribution >= 4 is 17.7 Å². The summed E-state index contributed by atoms with van der Waals surface area (Å²) in [6.07, 6.45) is 0.958. The number of hydrogen-bond acceptors (Lipinski definition) is 4. The van der Waals surface area contributed by atoms with Gasteiger partial charge in [-0.15, -0.1) is 0 Å². The van der Waals surface area contributed by atoms with Crippen LogP contribution in [-0.4, -0.2) is 37.2 Å². The zero-order chi connectivity index (χ0) is 17.3. The van der Waals surface area contributed by atoms with Gasteiger partial charge in [-0.3, -0.25) is 0 Å². The quantitative estimate of drug-likeness (QED) is 0.829. The lowest BCUT2D eigenvalue weighted by molar-refractivity contribution is -0.139. The molecule has 0 spiro atoms. The van der Waals surface area contributed by atoms with Gasteiger partial charge in [-0.05, 0) is 38.8 Å². The van der Waals surface area contributed by atoms with Gasteiger partial charge >= 0.3 is 12.0 Å². The topological polar surface area (TPSA) is 70.7 Å². The van der Waals surface area contributed by atoms with E-state index in [1.54, 1.807) is 13.8 Å². The Labute approximate surface area is 141 Å². The molecule has 0 unspecified atom stereocenters. The van der Waals surface area contributed by atoms with E-state index >= 15 is 0 Å². The number of carbonyl (C=O) groups excluding carboxylic acids is 2. The maximum absolute atomic E-state index is 12.3. The molecule has 3 rings (SSSR count). The van der Waals surface area contributed by atoms with Gasteiger partial charge in [0.15, 0.2) is 0 Å². The predicted octanol–water partition coefficient (Wildman–Crippen LogP) is 1.96. The van der Waals surface area contributed by atoms with Crippen LogP contribution in [0.1, 0.15) is 26.3 Å². The Hall–Kier alpha value is -2.50. The Bertz CT molecular complexity index is 699. The lowest BCUT2D eigenvalue weighted by Crippen LogP contribution is -2.51. The van der Waals surface area contributed by atoms with E-state index in [-0.39, 0.29) is 18.0 Å². The summed E-state index contributed by atoms with van der Waals surface area (Å²) in [5, 5.41) is 5.53. The lowest BCUT2D eigenvalue weighted by atomic mass is 10.0. The first-order valence-electron chi connectivity index (χ1n) is 8.33. The average molecular weight is 329 g/mol. The summed E-state index contributed by atoms with van der Waals surface area (Å²) in [4.78, 5) is 26.4. The zero-order valence-corrected chi connectivity index (χ0v) is 14.3. The van der Waals surface area contributed by atoms with Crippen molar-refractivity contribution in [2.24, 2.45) is 0 Å². The molecule has 0 radical (unpaired) electrons. The van der Waals surface area contributed by atoms with Crippen molar-refractivity contribution in [2.75, 3.05) is 18.1 Å². The highest BCUT2D eigenvalue weighted by Crippen LogP contribution is 2.32. The Morgan fingerprint density at radius 1 is 1.33 bits per heavy atom. The van der Waals surface area contributed by atoms with E-state index in [9.17, 15) is 9.59 Å². The van der Waals surface area contributed by atoms with Crippen molar-refractivity contribution in [1.29, 1.82) is 0 Å². The number of amides is 2. The Balaban J connectivity index is 1.94. The fraction of sp³-hybridized carbons (Fsp3) is 0.444.